The zero-order valence-electron chi connectivity index (χ0n) is 20.5. The molecule has 0 aliphatic carbocycles. The van der Waals surface area contributed by atoms with E-state index in [9.17, 15) is 0 Å². The lowest BCUT2D eigenvalue weighted by Crippen LogP contribution is -2.48. The van der Waals surface area contributed by atoms with Gasteiger partial charge in [-0.2, -0.15) is 0 Å². The summed E-state index contributed by atoms with van der Waals surface area (Å²) >= 11 is 3.90. The summed E-state index contributed by atoms with van der Waals surface area (Å²) in [7, 11) is 15.8. The highest BCUT2D eigenvalue weighted by Gasteiger charge is 2.23. The van der Waals surface area contributed by atoms with Crippen LogP contribution < -0.4 is 38.2 Å². The standard InChI is InChI=1S/C24H23B7BrN/c25-15-13-14-16(26)22(32)19(29)21(31)24(14)33(23(13)20(30)18(28)17(15)27)12-8-6-11(7-9-12)10-4-2-1-3-5-10/h1-9H,25-31H2. The minimum atomic E-state index is 1.21. The predicted octanol–water partition coefficient (Wildman–Crippen LogP) is -4.98. The summed E-state index contributed by atoms with van der Waals surface area (Å²) in [6, 6.07) is 19.7. The van der Waals surface area contributed by atoms with E-state index >= 15 is 0 Å². The number of hydrogen-bond donors (Lipinski definition) is 0. The van der Waals surface area contributed by atoms with E-state index in [0.29, 0.717) is 0 Å². The van der Waals surface area contributed by atoms with Gasteiger partial charge in [-0.3, -0.25) is 0 Å². The molecular formula is C24H23B7BrN. The molecule has 5 rings (SSSR count). The number of fused-ring (bicyclic) bond motifs is 3. The van der Waals surface area contributed by atoms with Crippen molar-refractivity contribution >= 4 is 131 Å². The quantitative estimate of drug-likeness (QED) is 0.223. The number of halogens is 1. The highest BCUT2D eigenvalue weighted by molar-refractivity contribution is 9.10. The summed E-state index contributed by atoms with van der Waals surface area (Å²) in [4.78, 5) is 0. The summed E-state index contributed by atoms with van der Waals surface area (Å²) < 4.78 is 3.73. The summed E-state index contributed by atoms with van der Waals surface area (Å²) in [5.74, 6) is 0. The molecule has 0 N–H and O–H groups in total. The van der Waals surface area contributed by atoms with Gasteiger partial charge in [0.05, 0.1) is 0 Å². The van der Waals surface area contributed by atoms with E-state index in [2.05, 4.69) is 130 Å². The Morgan fingerprint density at radius 3 is 1.58 bits per heavy atom. The topological polar surface area (TPSA) is 4.93 Å². The second-order valence-electron chi connectivity index (χ2n) is 9.38. The van der Waals surface area contributed by atoms with Gasteiger partial charge in [-0.1, -0.05) is 91.2 Å². The van der Waals surface area contributed by atoms with E-state index in [1.807, 2.05) is 0 Å². The second kappa shape index (κ2) is 8.13. The minimum Gasteiger partial charge on any atom is -0.310 e. The van der Waals surface area contributed by atoms with E-state index < -0.39 is 0 Å². The smallest absolute Gasteiger partial charge is 0.141 e. The van der Waals surface area contributed by atoms with E-state index in [1.165, 1.54) is 81.3 Å². The Kier molecular flexibility index (Phi) is 5.52. The lowest BCUT2D eigenvalue weighted by molar-refractivity contribution is 1.19. The Morgan fingerprint density at radius 2 is 0.970 bits per heavy atom. The van der Waals surface area contributed by atoms with Crippen molar-refractivity contribution < 1.29 is 0 Å². The first-order chi connectivity index (χ1) is 15.7. The normalized spacial score (nSPS) is 11.4. The van der Waals surface area contributed by atoms with Crippen LogP contribution in [0.5, 0.6) is 0 Å². The molecule has 0 fully saturated rings. The molecule has 0 aliphatic heterocycles. The third-order valence-corrected chi connectivity index (χ3v) is 8.96. The maximum absolute atomic E-state index is 3.90. The Hall–Kier alpha value is -2.39. The molecule has 0 amide bonds. The zero-order valence-corrected chi connectivity index (χ0v) is 22.1. The van der Waals surface area contributed by atoms with E-state index in [0.717, 1.165) is 0 Å². The monoisotopic (exact) mass is 481 g/mol. The second-order valence-corrected chi connectivity index (χ2v) is 10.2. The first-order valence-corrected chi connectivity index (χ1v) is 12.4. The van der Waals surface area contributed by atoms with Gasteiger partial charge < -0.3 is 4.57 Å². The van der Waals surface area contributed by atoms with Crippen LogP contribution in [0.25, 0.3) is 38.6 Å². The van der Waals surface area contributed by atoms with Crippen LogP contribution in [0.4, 0.5) is 0 Å². The zero-order chi connectivity index (χ0) is 23.6. The minimum absolute atomic E-state index is 1.21. The van der Waals surface area contributed by atoms with Gasteiger partial charge >= 0.3 is 0 Å². The molecule has 9 heteroatoms. The van der Waals surface area contributed by atoms with Gasteiger partial charge in [0.25, 0.3) is 0 Å². The highest BCUT2D eigenvalue weighted by atomic mass is 79.9. The fourth-order valence-corrected chi connectivity index (χ4v) is 5.86. The molecule has 0 atom stereocenters. The third kappa shape index (κ3) is 3.23. The Bertz CT molecular complexity index is 1500. The molecule has 4 aromatic carbocycles. The SMILES string of the molecule is Bc1c(B)c(B)c2c(c1B)c1c(B)c(Br)c(B)c(B)c1n2-c1ccc(-c2ccccc2)cc1. The fourth-order valence-electron chi connectivity index (χ4n) is 5.37. The van der Waals surface area contributed by atoms with E-state index in [-0.39, 0.29) is 0 Å². The molecule has 1 heterocycles. The van der Waals surface area contributed by atoms with Crippen LogP contribution in [-0.4, -0.2) is 59.5 Å². The highest BCUT2D eigenvalue weighted by Crippen LogP contribution is 2.29. The van der Waals surface area contributed by atoms with Gasteiger partial charge in [-0.25, -0.2) is 0 Å². The average molecular weight is 481 g/mol. The first kappa shape index (κ1) is 22.4. The summed E-state index contributed by atoms with van der Waals surface area (Å²) in [6.07, 6.45) is 0. The maximum Gasteiger partial charge on any atom is 0.141 e. The maximum atomic E-state index is 3.90. The van der Waals surface area contributed by atoms with Crippen molar-refractivity contribution in [1.82, 2.24) is 4.57 Å². The molecule has 152 valence electrons. The van der Waals surface area contributed by atoms with Gasteiger partial charge in [0.2, 0.25) is 0 Å². The van der Waals surface area contributed by atoms with Crippen molar-refractivity contribution in [2.75, 3.05) is 0 Å². The molecular weight excluding hydrogens is 458 g/mol. The van der Waals surface area contributed by atoms with Crippen LogP contribution in [0.3, 0.4) is 0 Å². The molecule has 1 aromatic heterocycles. The molecule has 5 aromatic rings. The molecule has 0 unspecified atom stereocenters. The van der Waals surface area contributed by atoms with E-state index in [1.54, 1.807) is 0 Å². The predicted molar refractivity (Wildman–Crippen MR) is 171 cm³/mol. The molecule has 0 spiro atoms. The van der Waals surface area contributed by atoms with Gasteiger partial charge in [0.15, 0.2) is 0 Å². The van der Waals surface area contributed by atoms with Gasteiger partial charge in [0, 0.05) is 26.6 Å². The van der Waals surface area contributed by atoms with Gasteiger partial charge in [-0.05, 0) is 28.6 Å². The van der Waals surface area contributed by atoms with Crippen LogP contribution in [0.1, 0.15) is 0 Å². The fraction of sp³-hybridized carbons (Fsp3) is 0. The van der Waals surface area contributed by atoms with Crippen molar-refractivity contribution in [3.05, 3.63) is 59.1 Å². The van der Waals surface area contributed by atoms with E-state index in [4.69, 9.17) is 0 Å². The number of benzene rings is 4. The van der Waals surface area contributed by atoms with Crippen molar-refractivity contribution in [2.24, 2.45) is 0 Å². The summed E-state index contributed by atoms with van der Waals surface area (Å²) in [5.41, 5.74) is 15.9. The van der Waals surface area contributed by atoms with Crippen molar-refractivity contribution in [1.29, 1.82) is 0 Å². The Morgan fingerprint density at radius 1 is 0.485 bits per heavy atom. The van der Waals surface area contributed by atoms with Crippen molar-refractivity contribution in [3.63, 3.8) is 0 Å². The molecule has 33 heavy (non-hydrogen) atoms. The largest absolute Gasteiger partial charge is 0.310 e. The molecule has 0 radical (unpaired) electrons. The van der Waals surface area contributed by atoms with Gasteiger partial charge in [-0.15, -0.1) is 5.46 Å². The van der Waals surface area contributed by atoms with Crippen LogP contribution in [-0.2, 0) is 0 Å². The van der Waals surface area contributed by atoms with Gasteiger partial charge in [0.1, 0.15) is 54.9 Å². The van der Waals surface area contributed by atoms with Crippen LogP contribution in [0, 0.1) is 0 Å². The number of hydrogen-bond acceptors (Lipinski definition) is 0. The first-order valence-electron chi connectivity index (χ1n) is 11.6. The number of nitrogens with zero attached hydrogens (tertiary/aromatic N) is 1. The summed E-state index contributed by atoms with van der Waals surface area (Å²) in [6.45, 7) is 0. The average Bonchev–Trinajstić information content (AvgIpc) is 3.20. The van der Waals surface area contributed by atoms with Crippen LogP contribution in [0.2, 0.25) is 0 Å². The van der Waals surface area contributed by atoms with Crippen molar-refractivity contribution in [2.45, 2.75) is 0 Å². The lowest BCUT2D eigenvalue weighted by atomic mass is 9.65. The Balaban J connectivity index is 1.95. The molecule has 0 aliphatic rings. The van der Waals surface area contributed by atoms with Crippen molar-refractivity contribution in [3.8, 4) is 16.8 Å². The summed E-state index contributed by atoms with van der Waals surface area (Å²) in [5, 5.41) is 2.76. The molecule has 0 bridgehead atoms. The van der Waals surface area contributed by atoms with Crippen LogP contribution >= 0.6 is 15.9 Å². The Labute approximate surface area is 210 Å². The lowest BCUT2D eigenvalue weighted by Gasteiger charge is -2.17. The molecule has 0 saturated heterocycles. The molecule has 1 nitrogen and oxygen atoms in total. The molecule has 0 saturated carbocycles. The number of rotatable bonds is 2. The third-order valence-electron chi connectivity index (χ3n) is 7.77. The van der Waals surface area contributed by atoms with Crippen LogP contribution in [0.15, 0.2) is 59.1 Å². The number of aromatic nitrogens is 1.